The molecule has 0 fully saturated rings. The smallest absolute Gasteiger partial charge is 0.275 e. The zero-order valence-electron chi connectivity index (χ0n) is 17.0. The number of halogens is 2. The highest BCUT2D eigenvalue weighted by Crippen LogP contribution is 2.41. The quantitative estimate of drug-likeness (QED) is 0.713. The molecule has 0 saturated carbocycles. The van der Waals surface area contributed by atoms with E-state index in [0.29, 0.717) is 31.4 Å². The summed E-state index contributed by atoms with van der Waals surface area (Å²) in [6, 6.07) is 12.0. The molecule has 2 aromatic carbocycles. The maximum absolute atomic E-state index is 14.5. The Morgan fingerprint density at radius 3 is 2.63 bits per heavy atom. The molecule has 0 saturated heterocycles. The van der Waals surface area contributed by atoms with Gasteiger partial charge in [-0.3, -0.25) is 4.79 Å². The van der Waals surface area contributed by atoms with E-state index in [4.69, 9.17) is 15.2 Å². The van der Waals surface area contributed by atoms with Crippen molar-refractivity contribution in [1.82, 2.24) is 5.01 Å². The van der Waals surface area contributed by atoms with E-state index in [0.717, 1.165) is 18.2 Å². The van der Waals surface area contributed by atoms with Crippen molar-refractivity contribution in [3.8, 4) is 0 Å². The molecular formula is C22H25F2N3O3. The van der Waals surface area contributed by atoms with Crippen LogP contribution in [-0.4, -0.2) is 36.6 Å². The first-order valence-electron chi connectivity index (χ1n) is 9.82. The molecule has 6 nitrogen and oxygen atoms in total. The van der Waals surface area contributed by atoms with Crippen molar-refractivity contribution in [3.05, 3.63) is 71.3 Å². The summed E-state index contributed by atoms with van der Waals surface area (Å²) in [5.41, 5.74) is 4.87. The first-order valence-corrected chi connectivity index (χ1v) is 9.82. The van der Waals surface area contributed by atoms with E-state index in [-0.39, 0.29) is 11.5 Å². The van der Waals surface area contributed by atoms with Crippen LogP contribution in [0.5, 0.6) is 0 Å². The van der Waals surface area contributed by atoms with Gasteiger partial charge in [-0.05, 0) is 37.6 Å². The maximum Gasteiger partial charge on any atom is 0.275 e. The van der Waals surface area contributed by atoms with Gasteiger partial charge in [0, 0.05) is 19.1 Å². The van der Waals surface area contributed by atoms with Gasteiger partial charge in [-0.15, -0.1) is 5.10 Å². The topological polar surface area (TPSA) is 77.1 Å². The predicted molar refractivity (Wildman–Crippen MR) is 108 cm³/mol. The van der Waals surface area contributed by atoms with Crippen LogP contribution in [0.3, 0.4) is 0 Å². The summed E-state index contributed by atoms with van der Waals surface area (Å²) in [7, 11) is 1.43. The standard InChI is InChI=1S/C22H25F2N3O3/c1-3-19(29-2)21(28)27-22(12-7-13-25,15-8-5-4-6-9-15)30-20(26-27)17-14-16(23)10-11-18(17)24/h4-6,8-11,14,19H,3,7,12-13,25H2,1-2H3/t19-,22+/m0/s1. The van der Waals surface area contributed by atoms with E-state index in [1.54, 1.807) is 24.3 Å². The van der Waals surface area contributed by atoms with Crippen molar-refractivity contribution >= 4 is 11.8 Å². The average Bonchev–Trinajstić information content (AvgIpc) is 3.16. The molecular weight excluding hydrogens is 392 g/mol. The van der Waals surface area contributed by atoms with Gasteiger partial charge in [0.2, 0.25) is 11.6 Å². The van der Waals surface area contributed by atoms with Crippen LogP contribution in [0.25, 0.3) is 0 Å². The van der Waals surface area contributed by atoms with Crippen molar-refractivity contribution in [1.29, 1.82) is 0 Å². The SMILES string of the molecule is CC[C@H](OC)C(=O)N1N=C(c2cc(F)ccc2F)O[C@]1(CCCN)c1ccccc1. The second-order valence-electron chi connectivity index (χ2n) is 6.96. The largest absolute Gasteiger partial charge is 0.443 e. The predicted octanol–water partition coefficient (Wildman–Crippen LogP) is 3.50. The third kappa shape index (κ3) is 4.06. The molecule has 0 spiro atoms. The monoisotopic (exact) mass is 417 g/mol. The number of carbonyl (C=O) groups is 1. The lowest BCUT2D eigenvalue weighted by Crippen LogP contribution is -2.49. The fourth-order valence-corrected chi connectivity index (χ4v) is 3.49. The lowest BCUT2D eigenvalue weighted by molar-refractivity contribution is -0.163. The molecule has 1 aliphatic heterocycles. The number of hydrogen-bond acceptors (Lipinski definition) is 5. The van der Waals surface area contributed by atoms with E-state index < -0.39 is 29.4 Å². The minimum atomic E-state index is -1.35. The van der Waals surface area contributed by atoms with Gasteiger partial charge in [0.05, 0.1) is 5.56 Å². The lowest BCUT2D eigenvalue weighted by Gasteiger charge is -2.36. The normalized spacial score (nSPS) is 19.4. The summed E-state index contributed by atoms with van der Waals surface area (Å²) < 4.78 is 39.8. The number of hydrogen-bond donors (Lipinski definition) is 1. The Balaban J connectivity index is 2.16. The Labute approximate surface area is 174 Å². The molecule has 8 heteroatoms. The van der Waals surface area contributed by atoms with E-state index in [2.05, 4.69) is 5.10 Å². The van der Waals surface area contributed by atoms with Crippen LogP contribution in [0.2, 0.25) is 0 Å². The van der Waals surface area contributed by atoms with Gasteiger partial charge in [0.25, 0.3) is 5.91 Å². The summed E-state index contributed by atoms with van der Waals surface area (Å²) in [5.74, 6) is -1.96. The molecule has 1 aliphatic rings. The molecule has 0 aromatic heterocycles. The zero-order valence-corrected chi connectivity index (χ0v) is 17.0. The molecule has 2 atom stereocenters. The first kappa shape index (κ1) is 21.9. The fourth-order valence-electron chi connectivity index (χ4n) is 3.49. The molecule has 30 heavy (non-hydrogen) atoms. The summed E-state index contributed by atoms with van der Waals surface area (Å²) >= 11 is 0. The molecule has 3 rings (SSSR count). The van der Waals surface area contributed by atoms with Crippen LogP contribution >= 0.6 is 0 Å². The highest BCUT2D eigenvalue weighted by atomic mass is 19.1. The minimum Gasteiger partial charge on any atom is -0.443 e. The van der Waals surface area contributed by atoms with Crippen molar-refractivity contribution in [2.75, 3.05) is 13.7 Å². The third-order valence-corrected chi connectivity index (χ3v) is 5.04. The Kier molecular flexibility index (Phi) is 6.79. The van der Waals surface area contributed by atoms with Gasteiger partial charge in [-0.25, -0.2) is 8.78 Å². The van der Waals surface area contributed by atoms with E-state index in [1.807, 2.05) is 13.0 Å². The van der Waals surface area contributed by atoms with Crippen molar-refractivity contribution in [3.63, 3.8) is 0 Å². The van der Waals surface area contributed by atoms with Gasteiger partial charge >= 0.3 is 0 Å². The summed E-state index contributed by atoms with van der Waals surface area (Å²) in [4.78, 5) is 13.3. The number of methoxy groups -OCH3 is 1. The number of rotatable bonds is 8. The van der Waals surface area contributed by atoms with Crippen LogP contribution < -0.4 is 5.73 Å². The number of carbonyl (C=O) groups excluding carboxylic acids is 1. The molecule has 160 valence electrons. The Morgan fingerprint density at radius 2 is 2.00 bits per heavy atom. The summed E-state index contributed by atoms with van der Waals surface area (Å²) in [5, 5.41) is 5.50. The van der Waals surface area contributed by atoms with Gasteiger partial charge in [-0.2, -0.15) is 5.01 Å². The van der Waals surface area contributed by atoms with Crippen molar-refractivity contribution in [2.45, 2.75) is 38.0 Å². The summed E-state index contributed by atoms with van der Waals surface area (Å²) in [6.07, 6.45) is 0.461. The summed E-state index contributed by atoms with van der Waals surface area (Å²) in [6.45, 7) is 2.16. The van der Waals surface area contributed by atoms with Crippen LogP contribution in [0.4, 0.5) is 8.78 Å². The number of benzene rings is 2. The molecule has 1 amide bonds. The maximum atomic E-state index is 14.5. The van der Waals surface area contributed by atoms with E-state index >= 15 is 0 Å². The first-order chi connectivity index (χ1) is 14.5. The second-order valence-corrected chi connectivity index (χ2v) is 6.96. The highest BCUT2D eigenvalue weighted by molar-refractivity contribution is 5.97. The van der Waals surface area contributed by atoms with Crippen LogP contribution in [0, 0.1) is 11.6 Å². The molecule has 0 aliphatic carbocycles. The van der Waals surface area contributed by atoms with Gasteiger partial charge in [-0.1, -0.05) is 37.3 Å². The Hall–Kier alpha value is -2.84. The average molecular weight is 417 g/mol. The third-order valence-electron chi connectivity index (χ3n) is 5.04. The lowest BCUT2D eigenvalue weighted by atomic mass is 9.95. The minimum absolute atomic E-state index is 0.163. The van der Waals surface area contributed by atoms with Crippen LogP contribution in [0.15, 0.2) is 53.6 Å². The number of ether oxygens (including phenoxy) is 2. The van der Waals surface area contributed by atoms with E-state index in [1.165, 1.54) is 12.1 Å². The second kappa shape index (κ2) is 9.32. The van der Waals surface area contributed by atoms with Gasteiger partial charge < -0.3 is 15.2 Å². The van der Waals surface area contributed by atoms with Crippen LogP contribution in [-0.2, 0) is 20.0 Å². The zero-order chi connectivity index (χ0) is 21.7. The highest BCUT2D eigenvalue weighted by Gasteiger charge is 2.51. The fraction of sp³-hybridized carbons (Fsp3) is 0.364. The van der Waals surface area contributed by atoms with E-state index in [9.17, 15) is 13.6 Å². The molecule has 0 radical (unpaired) electrons. The van der Waals surface area contributed by atoms with Crippen molar-refractivity contribution in [2.24, 2.45) is 10.8 Å². The van der Waals surface area contributed by atoms with Crippen molar-refractivity contribution < 1.29 is 23.0 Å². The number of nitrogens with two attached hydrogens (primary N) is 1. The molecule has 0 unspecified atom stereocenters. The number of nitrogens with zero attached hydrogens (tertiary/aromatic N) is 2. The number of amides is 1. The molecule has 2 aromatic rings. The molecule has 2 N–H and O–H groups in total. The molecule has 0 bridgehead atoms. The number of hydrazone groups is 1. The Morgan fingerprint density at radius 1 is 1.27 bits per heavy atom. The van der Waals surface area contributed by atoms with Gasteiger partial charge in [0.15, 0.2) is 0 Å². The molecule has 1 heterocycles. The Bertz CT molecular complexity index is 919. The van der Waals surface area contributed by atoms with Gasteiger partial charge in [0.1, 0.15) is 17.7 Å². The van der Waals surface area contributed by atoms with Crippen LogP contribution in [0.1, 0.15) is 37.3 Å².